The molecule has 0 aliphatic carbocycles. The minimum atomic E-state index is 0.275. The lowest BCUT2D eigenvalue weighted by atomic mass is 10.1. The van der Waals surface area contributed by atoms with E-state index in [9.17, 15) is 4.79 Å². The Balaban J connectivity index is 1.64. The molecule has 1 aliphatic rings. The molecule has 1 aliphatic heterocycles. The highest BCUT2D eigenvalue weighted by molar-refractivity contribution is 5.84. The van der Waals surface area contributed by atoms with Crippen LogP contribution in [-0.2, 0) is 11.2 Å². The fourth-order valence-electron chi connectivity index (χ4n) is 3.27. The maximum Gasteiger partial charge on any atom is 0.223 e. The summed E-state index contributed by atoms with van der Waals surface area (Å²) in [4.78, 5) is 17.8. The number of carbonyl (C=O) groups excluding carboxylic acids is 1. The first-order valence-corrected chi connectivity index (χ1v) is 7.84. The molecule has 1 aromatic carbocycles. The summed E-state index contributed by atoms with van der Waals surface area (Å²) < 4.78 is 0. The predicted molar refractivity (Wildman–Crippen MR) is 85.3 cm³/mol. The highest BCUT2D eigenvalue weighted by Gasteiger charge is 2.24. The number of amides is 1. The van der Waals surface area contributed by atoms with Crippen molar-refractivity contribution in [2.75, 3.05) is 19.6 Å². The van der Waals surface area contributed by atoms with Crippen molar-refractivity contribution in [2.45, 2.75) is 32.2 Å². The molecule has 2 N–H and O–H groups in total. The molecule has 4 nitrogen and oxygen atoms in total. The first-order valence-electron chi connectivity index (χ1n) is 7.84. The number of aryl methyl sites for hydroxylation is 1. The van der Waals surface area contributed by atoms with Gasteiger partial charge in [-0.15, -0.1) is 0 Å². The van der Waals surface area contributed by atoms with Crippen LogP contribution in [0.2, 0.25) is 0 Å². The van der Waals surface area contributed by atoms with Gasteiger partial charge in [0, 0.05) is 42.7 Å². The largest absolute Gasteiger partial charge is 0.361 e. The number of aromatic nitrogens is 1. The van der Waals surface area contributed by atoms with Gasteiger partial charge in [0.05, 0.1) is 0 Å². The van der Waals surface area contributed by atoms with Crippen LogP contribution in [0.1, 0.15) is 25.3 Å². The molecule has 1 atom stereocenters. The van der Waals surface area contributed by atoms with E-state index < -0.39 is 0 Å². The average molecular weight is 285 g/mol. The average Bonchev–Trinajstić information content (AvgIpc) is 3.15. The third-order valence-corrected chi connectivity index (χ3v) is 4.42. The maximum atomic E-state index is 12.5. The van der Waals surface area contributed by atoms with E-state index in [0.29, 0.717) is 12.5 Å². The fourth-order valence-corrected chi connectivity index (χ4v) is 3.27. The summed E-state index contributed by atoms with van der Waals surface area (Å²) in [6, 6.07) is 8.64. The summed E-state index contributed by atoms with van der Waals surface area (Å²) in [6.45, 7) is 4.84. The van der Waals surface area contributed by atoms with Crippen LogP contribution in [0.3, 0.4) is 0 Å². The van der Waals surface area contributed by atoms with Crippen LogP contribution in [0.15, 0.2) is 30.5 Å². The van der Waals surface area contributed by atoms with Gasteiger partial charge in [-0.1, -0.05) is 18.2 Å². The maximum absolute atomic E-state index is 12.5. The van der Waals surface area contributed by atoms with E-state index in [0.717, 1.165) is 38.0 Å². The van der Waals surface area contributed by atoms with Gasteiger partial charge in [0.25, 0.3) is 0 Å². The second-order valence-electron chi connectivity index (χ2n) is 5.69. The molecular weight excluding hydrogens is 262 g/mol. The Bertz CT molecular complexity index is 613. The second kappa shape index (κ2) is 6.31. The van der Waals surface area contributed by atoms with Crippen molar-refractivity contribution in [3.63, 3.8) is 0 Å². The summed E-state index contributed by atoms with van der Waals surface area (Å²) in [7, 11) is 0. The first kappa shape index (κ1) is 14.1. The van der Waals surface area contributed by atoms with Gasteiger partial charge in [-0.25, -0.2) is 0 Å². The number of benzene rings is 1. The van der Waals surface area contributed by atoms with Crippen molar-refractivity contribution in [1.29, 1.82) is 0 Å². The van der Waals surface area contributed by atoms with Gasteiger partial charge in [-0.3, -0.25) is 4.79 Å². The highest BCUT2D eigenvalue weighted by Crippen LogP contribution is 2.20. The Labute approximate surface area is 125 Å². The molecule has 1 aromatic heterocycles. The molecule has 0 saturated carbocycles. The predicted octanol–water partition coefficient (Wildman–Crippen LogP) is 2.31. The van der Waals surface area contributed by atoms with E-state index in [-0.39, 0.29) is 5.91 Å². The topological polar surface area (TPSA) is 48.1 Å². The van der Waals surface area contributed by atoms with Crippen molar-refractivity contribution in [3.8, 4) is 0 Å². The standard InChI is InChI=1S/C17H23N3O/c1-2-20(14-9-10-18-12-14)17(21)8-7-13-11-19-16-6-4-3-5-15(13)16/h3-6,11,14,18-19H,2,7-10,12H2,1H3. The third kappa shape index (κ3) is 2.95. The molecule has 1 fully saturated rings. The van der Waals surface area contributed by atoms with Gasteiger partial charge in [0.15, 0.2) is 0 Å². The van der Waals surface area contributed by atoms with Crippen molar-refractivity contribution >= 4 is 16.8 Å². The van der Waals surface area contributed by atoms with Gasteiger partial charge < -0.3 is 15.2 Å². The third-order valence-electron chi connectivity index (χ3n) is 4.42. The van der Waals surface area contributed by atoms with Gasteiger partial charge in [0.2, 0.25) is 5.91 Å². The van der Waals surface area contributed by atoms with Gasteiger partial charge in [-0.05, 0) is 37.9 Å². The number of hydrogen-bond acceptors (Lipinski definition) is 2. The van der Waals surface area contributed by atoms with E-state index in [2.05, 4.69) is 29.4 Å². The van der Waals surface area contributed by atoms with Crippen LogP contribution in [-0.4, -0.2) is 41.5 Å². The number of rotatable bonds is 5. The van der Waals surface area contributed by atoms with Crippen molar-refractivity contribution in [1.82, 2.24) is 15.2 Å². The zero-order chi connectivity index (χ0) is 14.7. The molecule has 1 saturated heterocycles. The molecule has 1 unspecified atom stereocenters. The molecule has 1 amide bonds. The minimum absolute atomic E-state index is 0.275. The van der Waals surface area contributed by atoms with Crippen LogP contribution in [0.25, 0.3) is 10.9 Å². The van der Waals surface area contributed by atoms with E-state index in [4.69, 9.17) is 0 Å². The lowest BCUT2D eigenvalue weighted by molar-refractivity contribution is -0.132. The van der Waals surface area contributed by atoms with Gasteiger partial charge >= 0.3 is 0 Å². The smallest absolute Gasteiger partial charge is 0.223 e. The first-order chi connectivity index (χ1) is 10.3. The normalized spacial score (nSPS) is 18.2. The van der Waals surface area contributed by atoms with E-state index >= 15 is 0 Å². The van der Waals surface area contributed by atoms with E-state index in [1.54, 1.807) is 0 Å². The molecule has 0 bridgehead atoms. The minimum Gasteiger partial charge on any atom is -0.361 e. The molecule has 21 heavy (non-hydrogen) atoms. The molecule has 2 heterocycles. The van der Waals surface area contributed by atoms with Crippen molar-refractivity contribution in [2.24, 2.45) is 0 Å². The summed E-state index contributed by atoms with van der Waals surface area (Å²) in [5.41, 5.74) is 2.38. The summed E-state index contributed by atoms with van der Waals surface area (Å²) in [6.07, 6.45) is 4.50. The Morgan fingerprint density at radius 1 is 1.38 bits per heavy atom. The number of nitrogens with one attached hydrogen (secondary N) is 2. The fraction of sp³-hybridized carbons (Fsp3) is 0.471. The number of fused-ring (bicyclic) bond motifs is 1. The SMILES string of the molecule is CCN(C(=O)CCc1c[nH]c2ccccc12)C1CCNC1. The molecule has 0 radical (unpaired) electrons. The lowest BCUT2D eigenvalue weighted by Gasteiger charge is -2.27. The van der Waals surface area contributed by atoms with E-state index in [1.165, 1.54) is 10.9 Å². The number of nitrogens with zero attached hydrogens (tertiary/aromatic N) is 1. The number of aromatic amines is 1. The Morgan fingerprint density at radius 3 is 3.00 bits per heavy atom. The summed E-state index contributed by atoms with van der Waals surface area (Å²) in [5, 5.41) is 4.57. The Hall–Kier alpha value is -1.81. The second-order valence-corrected chi connectivity index (χ2v) is 5.69. The molecule has 2 aromatic rings. The van der Waals surface area contributed by atoms with Crippen LogP contribution >= 0.6 is 0 Å². The van der Waals surface area contributed by atoms with Crippen LogP contribution < -0.4 is 5.32 Å². The molecule has 3 rings (SSSR count). The van der Waals surface area contributed by atoms with Crippen molar-refractivity contribution < 1.29 is 4.79 Å². The van der Waals surface area contributed by atoms with Crippen LogP contribution in [0, 0.1) is 0 Å². The van der Waals surface area contributed by atoms with Gasteiger partial charge in [-0.2, -0.15) is 0 Å². The number of hydrogen-bond donors (Lipinski definition) is 2. The highest BCUT2D eigenvalue weighted by atomic mass is 16.2. The van der Waals surface area contributed by atoms with Gasteiger partial charge in [0.1, 0.15) is 0 Å². The van der Waals surface area contributed by atoms with Crippen molar-refractivity contribution in [3.05, 3.63) is 36.0 Å². The zero-order valence-electron chi connectivity index (χ0n) is 12.6. The Morgan fingerprint density at radius 2 is 2.24 bits per heavy atom. The number of para-hydroxylation sites is 1. The number of carbonyl (C=O) groups is 1. The summed E-state index contributed by atoms with van der Waals surface area (Å²) in [5.74, 6) is 0.275. The molecule has 4 heteroatoms. The number of H-pyrrole nitrogens is 1. The lowest BCUT2D eigenvalue weighted by Crippen LogP contribution is -2.41. The summed E-state index contributed by atoms with van der Waals surface area (Å²) >= 11 is 0. The molecule has 0 spiro atoms. The number of likely N-dealkylation sites (N-methyl/N-ethyl adjacent to an activating group) is 1. The molecule has 112 valence electrons. The zero-order valence-corrected chi connectivity index (χ0v) is 12.6. The Kier molecular flexibility index (Phi) is 4.25. The quantitative estimate of drug-likeness (QED) is 0.885. The monoisotopic (exact) mass is 285 g/mol. The van der Waals surface area contributed by atoms with Crippen LogP contribution in [0.4, 0.5) is 0 Å². The van der Waals surface area contributed by atoms with Crippen LogP contribution in [0.5, 0.6) is 0 Å². The molecular formula is C17H23N3O. The van der Waals surface area contributed by atoms with E-state index in [1.807, 2.05) is 23.2 Å².